The lowest BCUT2D eigenvalue weighted by Gasteiger charge is -2.29. The zero-order valence-corrected chi connectivity index (χ0v) is 12.1. The van der Waals surface area contributed by atoms with E-state index in [0.717, 1.165) is 25.7 Å². The summed E-state index contributed by atoms with van der Waals surface area (Å²) >= 11 is 0. The number of rotatable bonds is 3. The third kappa shape index (κ3) is 2.54. The molecule has 0 saturated carbocycles. The molecule has 0 aromatic carbocycles. The Bertz CT molecular complexity index is 549. The van der Waals surface area contributed by atoms with Crippen LogP contribution in [0.1, 0.15) is 31.5 Å². The van der Waals surface area contributed by atoms with Gasteiger partial charge < -0.3 is 9.88 Å². The third-order valence-corrected chi connectivity index (χ3v) is 5.55. The van der Waals surface area contributed by atoms with Crippen LogP contribution in [0.5, 0.6) is 0 Å². The molecule has 0 radical (unpaired) electrons. The van der Waals surface area contributed by atoms with E-state index in [0.29, 0.717) is 17.9 Å². The molecule has 0 aliphatic carbocycles. The zero-order valence-electron chi connectivity index (χ0n) is 11.3. The lowest BCUT2D eigenvalue weighted by atomic mass is 10.0. The van der Waals surface area contributed by atoms with E-state index in [2.05, 4.69) is 15.0 Å². The Morgan fingerprint density at radius 3 is 2.53 bits per heavy atom. The minimum atomic E-state index is -3.49. The predicted molar refractivity (Wildman–Crippen MR) is 71.2 cm³/mol. The molecule has 2 unspecified atom stereocenters. The number of aryl methyl sites for hydroxylation is 2. The maximum absolute atomic E-state index is 12.3. The van der Waals surface area contributed by atoms with Crippen LogP contribution in [0.2, 0.25) is 0 Å². The normalized spacial score (nSPS) is 30.7. The number of hydrogen-bond donors (Lipinski definition) is 2. The van der Waals surface area contributed by atoms with Gasteiger partial charge in [0.2, 0.25) is 0 Å². The second kappa shape index (κ2) is 4.57. The molecule has 2 saturated heterocycles. The van der Waals surface area contributed by atoms with Gasteiger partial charge in [0.15, 0.2) is 5.03 Å². The first-order chi connectivity index (χ1) is 8.94. The molecule has 1 aromatic heterocycles. The highest BCUT2D eigenvalue weighted by atomic mass is 32.2. The lowest BCUT2D eigenvalue weighted by Crippen LogP contribution is -2.47. The van der Waals surface area contributed by atoms with Crippen molar-refractivity contribution in [3.8, 4) is 0 Å². The number of sulfonamides is 1. The maximum atomic E-state index is 12.3. The Morgan fingerprint density at radius 1 is 1.37 bits per heavy atom. The van der Waals surface area contributed by atoms with Crippen molar-refractivity contribution in [2.45, 2.75) is 55.8 Å². The van der Waals surface area contributed by atoms with E-state index < -0.39 is 10.0 Å². The second-order valence-electron chi connectivity index (χ2n) is 5.66. The molecule has 19 heavy (non-hydrogen) atoms. The molecule has 1 aromatic rings. The maximum Gasteiger partial charge on any atom is 0.259 e. The van der Waals surface area contributed by atoms with Crippen molar-refractivity contribution in [1.29, 1.82) is 0 Å². The molecule has 2 bridgehead atoms. The van der Waals surface area contributed by atoms with Crippen LogP contribution >= 0.6 is 0 Å². The molecule has 7 heteroatoms. The van der Waals surface area contributed by atoms with Gasteiger partial charge in [0.05, 0.1) is 0 Å². The number of fused-ring (bicyclic) bond motifs is 2. The van der Waals surface area contributed by atoms with Gasteiger partial charge >= 0.3 is 0 Å². The average Bonchev–Trinajstić information content (AvgIpc) is 2.83. The summed E-state index contributed by atoms with van der Waals surface area (Å²) in [6.07, 6.45) is 5.63. The summed E-state index contributed by atoms with van der Waals surface area (Å²) in [6, 6.07) is 0.972. The Morgan fingerprint density at radius 2 is 2.00 bits per heavy atom. The largest absolute Gasteiger partial charge is 0.337 e. The molecule has 106 valence electrons. The average molecular weight is 284 g/mol. The fourth-order valence-corrected chi connectivity index (χ4v) is 4.39. The van der Waals surface area contributed by atoms with Crippen LogP contribution in [-0.2, 0) is 17.1 Å². The molecular formula is C12H20N4O2S. The van der Waals surface area contributed by atoms with E-state index in [9.17, 15) is 8.42 Å². The monoisotopic (exact) mass is 284 g/mol. The molecule has 2 atom stereocenters. The fourth-order valence-electron chi connectivity index (χ4n) is 3.09. The Hall–Kier alpha value is -0.920. The van der Waals surface area contributed by atoms with E-state index in [1.165, 1.54) is 0 Å². The van der Waals surface area contributed by atoms with Gasteiger partial charge in [-0.25, -0.2) is 18.1 Å². The van der Waals surface area contributed by atoms with Gasteiger partial charge in [-0.05, 0) is 32.6 Å². The van der Waals surface area contributed by atoms with Crippen molar-refractivity contribution in [1.82, 2.24) is 19.6 Å². The highest BCUT2D eigenvalue weighted by molar-refractivity contribution is 7.89. The Kier molecular flexibility index (Phi) is 3.15. The molecule has 0 spiro atoms. The smallest absolute Gasteiger partial charge is 0.259 e. The summed E-state index contributed by atoms with van der Waals surface area (Å²) in [6.45, 7) is 1.80. The van der Waals surface area contributed by atoms with Crippen LogP contribution in [0.4, 0.5) is 0 Å². The summed E-state index contributed by atoms with van der Waals surface area (Å²) in [7, 11) is -1.69. The molecule has 3 heterocycles. The summed E-state index contributed by atoms with van der Waals surface area (Å²) in [5, 5.41) is 3.63. The van der Waals surface area contributed by atoms with Crippen LogP contribution < -0.4 is 10.0 Å². The van der Waals surface area contributed by atoms with Gasteiger partial charge in [-0.15, -0.1) is 0 Å². The minimum absolute atomic E-state index is 0.0334. The first-order valence-electron chi connectivity index (χ1n) is 6.72. The number of piperidine rings is 1. The number of nitrogens with one attached hydrogen (secondary N) is 2. The molecule has 2 fully saturated rings. The lowest BCUT2D eigenvalue weighted by molar-refractivity contribution is 0.345. The summed E-state index contributed by atoms with van der Waals surface area (Å²) in [5.74, 6) is 0.700. The summed E-state index contributed by atoms with van der Waals surface area (Å²) < 4.78 is 29.1. The van der Waals surface area contributed by atoms with Gasteiger partial charge in [0.25, 0.3) is 10.0 Å². The van der Waals surface area contributed by atoms with Crippen molar-refractivity contribution in [2.24, 2.45) is 7.05 Å². The molecule has 2 aliphatic rings. The molecule has 3 rings (SSSR count). The quantitative estimate of drug-likeness (QED) is 0.836. The van der Waals surface area contributed by atoms with Crippen LogP contribution in [-0.4, -0.2) is 36.1 Å². The molecule has 6 nitrogen and oxygen atoms in total. The van der Waals surface area contributed by atoms with E-state index in [4.69, 9.17) is 0 Å². The SMILES string of the molecule is Cc1nc(S(=O)(=O)NC2CC3CCC(C2)N3)cn1C. The molecule has 2 aliphatic heterocycles. The summed E-state index contributed by atoms with van der Waals surface area (Å²) in [4.78, 5) is 4.10. The van der Waals surface area contributed by atoms with Crippen LogP contribution in [0, 0.1) is 6.92 Å². The van der Waals surface area contributed by atoms with Gasteiger partial charge in [0.1, 0.15) is 5.82 Å². The number of imidazole rings is 1. The van der Waals surface area contributed by atoms with Crippen molar-refractivity contribution in [3.63, 3.8) is 0 Å². The van der Waals surface area contributed by atoms with E-state index in [1.54, 1.807) is 24.7 Å². The highest BCUT2D eigenvalue weighted by Crippen LogP contribution is 2.27. The van der Waals surface area contributed by atoms with E-state index in [-0.39, 0.29) is 11.1 Å². The highest BCUT2D eigenvalue weighted by Gasteiger charge is 2.35. The van der Waals surface area contributed by atoms with Gasteiger partial charge in [-0.3, -0.25) is 0 Å². The van der Waals surface area contributed by atoms with Gasteiger partial charge in [-0.1, -0.05) is 0 Å². The minimum Gasteiger partial charge on any atom is -0.337 e. The van der Waals surface area contributed by atoms with Gasteiger partial charge in [0, 0.05) is 31.4 Å². The van der Waals surface area contributed by atoms with Crippen molar-refractivity contribution >= 4 is 10.0 Å². The van der Waals surface area contributed by atoms with Crippen LogP contribution in [0.25, 0.3) is 0 Å². The predicted octanol–water partition coefficient (Wildman–Crippen LogP) is 0.290. The van der Waals surface area contributed by atoms with Crippen LogP contribution in [0.15, 0.2) is 11.2 Å². The summed E-state index contributed by atoms with van der Waals surface area (Å²) in [5.41, 5.74) is 0. The Labute approximate surface area is 113 Å². The number of aromatic nitrogens is 2. The first-order valence-corrected chi connectivity index (χ1v) is 8.21. The zero-order chi connectivity index (χ0) is 13.6. The van der Waals surface area contributed by atoms with Crippen molar-refractivity contribution in [2.75, 3.05) is 0 Å². The standard InChI is InChI=1S/C12H20N4O2S/c1-8-13-12(7-16(8)2)19(17,18)15-11-5-9-3-4-10(6-11)14-9/h7,9-11,14-15H,3-6H2,1-2H3. The van der Waals surface area contributed by atoms with Crippen molar-refractivity contribution in [3.05, 3.63) is 12.0 Å². The second-order valence-corrected chi connectivity index (χ2v) is 7.33. The van der Waals surface area contributed by atoms with Crippen LogP contribution in [0.3, 0.4) is 0 Å². The molecule has 0 amide bonds. The van der Waals surface area contributed by atoms with Crippen molar-refractivity contribution < 1.29 is 8.42 Å². The number of hydrogen-bond acceptors (Lipinski definition) is 4. The topological polar surface area (TPSA) is 76.0 Å². The van der Waals surface area contributed by atoms with E-state index in [1.807, 2.05) is 0 Å². The van der Waals surface area contributed by atoms with Gasteiger partial charge in [-0.2, -0.15) is 0 Å². The first kappa shape index (κ1) is 13.1. The molecular weight excluding hydrogens is 264 g/mol. The Balaban J connectivity index is 1.75. The fraction of sp³-hybridized carbons (Fsp3) is 0.750. The molecule has 2 N–H and O–H groups in total. The number of nitrogens with zero attached hydrogens (tertiary/aromatic N) is 2. The third-order valence-electron chi connectivity index (χ3n) is 4.16. The van der Waals surface area contributed by atoms with E-state index >= 15 is 0 Å².